The third kappa shape index (κ3) is 3.94. The van der Waals surface area contributed by atoms with E-state index >= 15 is 0 Å². The van der Waals surface area contributed by atoms with Gasteiger partial charge in [0.2, 0.25) is 5.78 Å². The van der Waals surface area contributed by atoms with Crippen LogP contribution in [0.15, 0.2) is 40.9 Å². The van der Waals surface area contributed by atoms with Crippen molar-refractivity contribution < 1.29 is 28.8 Å². The van der Waals surface area contributed by atoms with Crippen LogP contribution < -0.4 is 18.9 Å². The van der Waals surface area contributed by atoms with Gasteiger partial charge in [0.15, 0.2) is 23.0 Å². The second kappa shape index (κ2) is 8.62. The Hall–Kier alpha value is -2.67. The fourth-order valence-corrected chi connectivity index (χ4v) is 2.78. The first-order chi connectivity index (χ1) is 12.5. The Labute approximate surface area is 160 Å². The lowest BCUT2D eigenvalue weighted by Gasteiger charge is -2.11. The Kier molecular flexibility index (Phi) is 6.52. The fourth-order valence-electron chi connectivity index (χ4n) is 2.32. The van der Waals surface area contributed by atoms with Gasteiger partial charge in [-0.3, -0.25) is 4.79 Å². The zero-order chi connectivity index (χ0) is 19.3. The number of aliphatic hydroxyl groups is 1. The third-order valence-electron chi connectivity index (χ3n) is 3.71. The molecule has 0 radical (unpaired) electrons. The number of aliphatic hydroxyl groups excluding tert-OH is 1. The van der Waals surface area contributed by atoms with Crippen LogP contribution >= 0.6 is 15.9 Å². The van der Waals surface area contributed by atoms with Gasteiger partial charge in [0.05, 0.1) is 28.4 Å². The molecule has 0 heterocycles. The molecule has 0 saturated carbocycles. The summed E-state index contributed by atoms with van der Waals surface area (Å²) in [4.78, 5) is 12.7. The van der Waals surface area contributed by atoms with Gasteiger partial charge >= 0.3 is 0 Å². The van der Waals surface area contributed by atoms with Crippen LogP contribution in [0.1, 0.15) is 15.9 Å². The first-order valence-corrected chi connectivity index (χ1v) is 8.34. The van der Waals surface area contributed by atoms with Crippen LogP contribution in [0.4, 0.5) is 0 Å². The average molecular weight is 423 g/mol. The quantitative estimate of drug-likeness (QED) is 0.408. The molecule has 0 saturated heterocycles. The number of hydrogen-bond donors (Lipinski definition) is 1. The maximum Gasteiger partial charge on any atom is 0.203 e. The van der Waals surface area contributed by atoms with Crippen LogP contribution in [0.3, 0.4) is 0 Å². The molecule has 2 aromatic carbocycles. The van der Waals surface area contributed by atoms with Crippen molar-refractivity contribution in [3.8, 4) is 23.0 Å². The minimum Gasteiger partial charge on any atom is -0.506 e. The van der Waals surface area contributed by atoms with Crippen molar-refractivity contribution in [2.75, 3.05) is 28.4 Å². The van der Waals surface area contributed by atoms with Crippen LogP contribution in [0, 0.1) is 0 Å². The van der Waals surface area contributed by atoms with E-state index in [1.807, 2.05) is 0 Å². The molecule has 0 unspecified atom stereocenters. The van der Waals surface area contributed by atoms with Gasteiger partial charge in [-0.2, -0.15) is 0 Å². The number of methoxy groups -OCH3 is 4. The zero-order valence-electron chi connectivity index (χ0n) is 14.8. The predicted octanol–water partition coefficient (Wildman–Crippen LogP) is 4.23. The molecule has 0 aliphatic carbocycles. The monoisotopic (exact) mass is 422 g/mol. The molecule has 0 aliphatic heterocycles. The standard InChI is InChI=1S/C19H19BrO6/c1-23-13-7-5-11(9-15(13)25-3)18(21)17(20)19(22)12-6-8-14(24-2)16(10-12)26-4/h5-10,21H,1-4H3. The largest absolute Gasteiger partial charge is 0.506 e. The second-order valence-electron chi connectivity index (χ2n) is 5.13. The zero-order valence-corrected chi connectivity index (χ0v) is 16.4. The first kappa shape index (κ1) is 19.7. The number of carbonyl (C=O) groups is 1. The van der Waals surface area contributed by atoms with Gasteiger partial charge < -0.3 is 24.1 Å². The van der Waals surface area contributed by atoms with Crippen LogP contribution in [0.2, 0.25) is 0 Å². The van der Waals surface area contributed by atoms with E-state index < -0.39 is 5.78 Å². The number of ketones is 1. The second-order valence-corrected chi connectivity index (χ2v) is 5.92. The van der Waals surface area contributed by atoms with E-state index in [-0.39, 0.29) is 10.2 Å². The summed E-state index contributed by atoms with van der Waals surface area (Å²) in [6.07, 6.45) is 0. The predicted molar refractivity (Wildman–Crippen MR) is 102 cm³/mol. The summed E-state index contributed by atoms with van der Waals surface area (Å²) in [7, 11) is 6.01. The SMILES string of the molecule is COc1ccc(C(=O)C(Br)=C(O)c2ccc(OC)c(OC)c2)cc1OC. The fraction of sp³-hybridized carbons (Fsp3) is 0.211. The summed E-state index contributed by atoms with van der Waals surface area (Å²) in [6.45, 7) is 0. The first-order valence-electron chi connectivity index (χ1n) is 7.54. The lowest BCUT2D eigenvalue weighted by Crippen LogP contribution is -2.03. The Morgan fingerprint density at radius 3 is 1.65 bits per heavy atom. The van der Waals surface area contributed by atoms with E-state index in [2.05, 4.69) is 15.9 Å². The van der Waals surface area contributed by atoms with Gasteiger partial charge in [0.1, 0.15) is 10.2 Å². The van der Waals surface area contributed by atoms with Gasteiger partial charge in [-0.1, -0.05) is 0 Å². The highest BCUT2D eigenvalue weighted by Crippen LogP contribution is 2.33. The molecule has 138 valence electrons. The third-order valence-corrected chi connectivity index (χ3v) is 4.45. The number of allylic oxidation sites excluding steroid dienone is 1. The Balaban J connectivity index is 2.42. The highest BCUT2D eigenvalue weighted by atomic mass is 79.9. The average Bonchev–Trinajstić information content (AvgIpc) is 2.70. The molecule has 1 N–H and O–H groups in total. The van der Waals surface area contributed by atoms with Crippen molar-refractivity contribution in [2.24, 2.45) is 0 Å². The Morgan fingerprint density at radius 1 is 0.769 bits per heavy atom. The van der Waals surface area contributed by atoms with E-state index in [1.165, 1.54) is 28.4 Å². The van der Waals surface area contributed by atoms with Gasteiger partial charge in [-0.25, -0.2) is 0 Å². The lowest BCUT2D eigenvalue weighted by atomic mass is 10.1. The van der Waals surface area contributed by atoms with Crippen LogP contribution in [0.25, 0.3) is 5.76 Å². The van der Waals surface area contributed by atoms with Crippen molar-refractivity contribution in [2.45, 2.75) is 0 Å². The van der Waals surface area contributed by atoms with Crippen molar-refractivity contribution in [3.63, 3.8) is 0 Å². The lowest BCUT2D eigenvalue weighted by molar-refractivity contribution is 0.104. The van der Waals surface area contributed by atoms with Gasteiger partial charge in [0.25, 0.3) is 0 Å². The Bertz CT molecular complexity index is 844. The Morgan fingerprint density at radius 2 is 1.19 bits per heavy atom. The molecule has 0 atom stereocenters. The summed E-state index contributed by atoms with van der Waals surface area (Å²) in [5, 5.41) is 10.5. The van der Waals surface area contributed by atoms with Crippen molar-refractivity contribution in [1.29, 1.82) is 0 Å². The number of ether oxygens (including phenoxy) is 4. The summed E-state index contributed by atoms with van der Waals surface area (Å²) in [5.74, 6) is 1.27. The summed E-state index contributed by atoms with van der Waals surface area (Å²) in [5.41, 5.74) is 0.741. The highest BCUT2D eigenvalue weighted by molar-refractivity contribution is 9.12. The number of Topliss-reactive ketones (excluding diaryl/α,β-unsaturated/α-hetero) is 1. The van der Waals surface area contributed by atoms with Crippen molar-refractivity contribution in [3.05, 3.63) is 52.0 Å². The normalized spacial score (nSPS) is 11.4. The molecule has 0 spiro atoms. The molecule has 0 aliphatic rings. The molecule has 0 aromatic heterocycles. The molecule has 26 heavy (non-hydrogen) atoms. The summed E-state index contributed by atoms with van der Waals surface area (Å²) in [6, 6.07) is 9.61. The molecule has 7 heteroatoms. The smallest absolute Gasteiger partial charge is 0.203 e. The topological polar surface area (TPSA) is 74.2 Å². The number of rotatable bonds is 7. The minimum absolute atomic E-state index is 0.0111. The minimum atomic E-state index is -0.404. The maximum absolute atomic E-state index is 12.7. The van der Waals surface area contributed by atoms with Gasteiger partial charge in [-0.15, -0.1) is 0 Å². The van der Waals surface area contributed by atoms with Gasteiger partial charge in [0, 0.05) is 11.1 Å². The highest BCUT2D eigenvalue weighted by Gasteiger charge is 2.19. The van der Waals surface area contributed by atoms with Crippen LogP contribution in [-0.4, -0.2) is 39.3 Å². The van der Waals surface area contributed by atoms with E-state index in [0.29, 0.717) is 34.1 Å². The van der Waals surface area contributed by atoms with Crippen molar-refractivity contribution in [1.82, 2.24) is 0 Å². The molecular formula is C19H19BrO6. The van der Waals surface area contributed by atoms with Crippen LogP contribution in [0.5, 0.6) is 23.0 Å². The van der Waals surface area contributed by atoms with E-state index in [1.54, 1.807) is 36.4 Å². The molecular weight excluding hydrogens is 404 g/mol. The molecule has 2 aromatic rings. The van der Waals surface area contributed by atoms with Gasteiger partial charge in [-0.05, 0) is 52.3 Å². The number of hydrogen-bond acceptors (Lipinski definition) is 6. The van der Waals surface area contributed by atoms with E-state index in [0.717, 1.165) is 0 Å². The summed E-state index contributed by atoms with van der Waals surface area (Å²) < 4.78 is 20.8. The molecule has 2 rings (SSSR count). The number of benzene rings is 2. The molecule has 0 amide bonds. The number of carbonyl (C=O) groups excluding carboxylic acids is 1. The summed E-state index contributed by atoms with van der Waals surface area (Å²) >= 11 is 3.18. The molecule has 0 bridgehead atoms. The van der Waals surface area contributed by atoms with E-state index in [9.17, 15) is 9.90 Å². The van der Waals surface area contributed by atoms with E-state index in [4.69, 9.17) is 18.9 Å². The number of halogens is 1. The van der Waals surface area contributed by atoms with Crippen molar-refractivity contribution >= 4 is 27.5 Å². The van der Waals surface area contributed by atoms with Crippen LogP contribution in [-0.2, 0) is 0 Å². The molecule has 6 nitrogen and oxygen atoms in total. The molecule has 0 fully saturated rings. The maximum atomic E-state index is 12.7.